The number of halogens is 1. The van der Waals surface area contributed by atoms with Crippen LogP contribution in [0.5, 0.6) is 17.2 Å². The summed E-state index contributed by atoms with van der Waals surface area (Å²) in [4.78, 5) is 0. The van der Waals surface area contributed by atoms with Gasteiger partial charge in [0.1, 0.15) is 5.75 Å². The van der Waals surface area contributed by atoms with Crippen LogP contribution in [0, 0.1) is 0 Å². The molecule has 1 unspecified atom stereocenters. The quantitative estimate of drug-likeness (QED) is 0.887. The first-order valence-corrected chi connectivity index (χ1v) is 6.30. The third-order valence-electron chi connectivity index (χ3n) is 3.51. The molecule has 0 amide bonds. The second kappa shape index (κ2) is 4.86. The number of aromatic hydroxyl groups is 1. The lowest BCUT2D eigenvalue weighted by molar-refractivity contribution is 0.330. The molecule has 0 aromatic heterocycles. The van der Waals surface area contributed by atoms with E-state index in [1.807, 2.05) is 0 Å². The molecule has 0 bridgehead atoms. The first-order valence-electron chi connectivity index (χ1n) is 5.92. The monoisotopic (exact) mass is 271 g/mol. The Morgan fingerprint density at radius 1 is 1.39 bits per heavy atom. The Bertz CT molecular complexity index is 456. The lowest BCUT2D eigenvalue weighted by Gasteiger charge is -2.29. The summed E-state index contributed by atoms with van der Waals surface area (Å²) >= 11 is 6.25. The zero-order valence-electron chi connectivity index (χ0n) is 10.8. The van der Waals surface area contributed by atoms with E-state index >= 15 is 0 Å². The second-order valence-corrected chi connectivity index (χ2v) is 5.06. The number of benzene rings is 1. The topological polar surface area (TPSA) is 50.7 Å². The van der Waals surface area contributed by atoms with Crippen molar-refractivity contribution in [1.29, 1.82) is 0 Å². The van der Waals surface area contributed by atoms with Gasteiger partial charge < -0.3 is 19.9 Å². The normalized spacial score (nSPS) is 23.1. The number of phenols is 1. The maximum atomic E-state index is 9.91. The molecule has 1 aromatic carbocycles. The fourth-order valence-corrected chi connectivity index (χ4v) is 2.91. The average molecular weight is 272 g/mol. The van der Waals surface area contributed by atoms with Crippen LogP contribution in [0.1, 0.15) is 25.3 Å². The number of nitrogens with one attached hydrogen (secondary N) is 1. The van der Waals surface area contributed by atoms with E-state index in [-0.39, 0.29) is 11.3 Å². The SMILES string of the molecule is COc1cc(O)c(Cl)c(C2(C)CCCN2)c1OC. The molecule has 1 heterocycles. The minimum Gasteiger partial charge on any atom is -0.506 e. The summed E-state index contributed by atoms with van der Waals surface area (Å²) in [6, 6.07) is 1.48. The third-order valence-corrected chi connectivity index (χ3v) is 3.89. The molecule has 1 aliphatic heterocycles. The average Bonchev–Trinajstić information content (AvgIpc) is 2.79. The molecule has 2 rings (SSSR count). The predicted octanol–water partition coefficient (Wildman–Crippen LogP) is 2.66. The highest BCUT2D eigenvalue weighted by Gasteiger charge is 2.37. The molecule has 0 spiro atoms. The standard InChI is InChI=1S/C13H18ClNO3/c1-13(5-4-6-15-13)10-11(14)8(16)7-9(17-2)12(10)18-3/h7,15-16H,4-6H2,1-3H3. The minimum atomic E-state index is -0.297. The lowest BCUT2D eigenvalue weighted by Crippen LogP contribution is -2.34. The molecule has 18 heavy (non-hydrogen) atoms. The van der Waals surface area contributed by atoms with Gasteiger partial charge in [-0.1, -0.05) is 11.6 Å². The Kier molecular flexibility index (Phi) is 3.59. The van der Waals surface area contributed by atoms with Crippen LogP contribution in [0.3, 0.4) is 0 Å². The molecule has 5 heteroatoms. The van der Waals surface area contributed by atoms with Gasteiger partial charge in [-0.05, 0) is 26.3 Å². The van der Waals surface area contributed by atoms with Crippen LogP contribution >= 0.6 is 11.6 Å². The zero-order chi connectivity index (χ0) is 13.3. The highest BCUT2D eigenvalue weighted by Crippen LogP contribution is 2.48. The molecular formula is C13H18ClNO3. The molecule has 1 aliphatic rings. The summed E-state index contributed by atoms with van der Waals surface area (Å²) in [6.07, 6.45) is 2.00. The molecular weight excluding hydrogens is 254 g/mol. The Morgan fingerprint density at radius 3 is 2.61 bits per heavy atom. The van der Waals surface area contributed by atoms with Crippen molar-refractivity contribution in [3.8, 4) is 17.2 Å². The van der Waals surface area contributed by atoms with Crippen molar-refractivity contribution in [2.24, 2.45) is 0 Å². The highest BCUT2D eigenvalue weighted by molar-refractivity contribution is 6.33. The van der Waals surface area contributed by atoms with Crippen molar-refractivity contribution in [3.63, 3.8) is 0 Å². The number of phenolic OH excluding ortho intramolecular Hbond substituents is 1. The minimum absolute atomic E-state index is 0.0132. The van der Waals surface area contributed by atoms with Gasteiger partial charge >= 0.3 is 0 Å². The Hall–Kier alpha value is -1.13. The van der Waals surface area contributed by atoms with Gasteiger partial charge in [-0.15, -0.1) is 0 Å². The van der Waals surface area contributed by atoms with Crippen LogP contribution in [-0.4, -0.2) is 25.9 Å². The number of hydrogen-bond donors (Lipinski definition) is 2. The summed E-state index contributed by atoms with van der Waals surface area (Å²) in [5, 5.41) is 13.6. The molecule has 1 aromatic rings. The fourth-order valence-electron chi connectivity index (χ4n) is 2.56. The summed E-state index contributed by atoms with van der Waals surface area (Å²) < 4.78 is 10.7. The van der Waals surface area contributed by atoms with Gasteiger partial charge in [-0.3, -0.25) is 0 Å². The van der Waals surface area contributed by atoms with E-state index in [0.717, 1.165) is 24.9 Å². The lowest BCUT2D eigenvalue weighted by atomic mass is 9.89. The van der Waals surface area contributed by atoms with Gasteiger partial charge in [-0.2, -0.15) is 0 Å². The molecule has 2 N–H and O–H groups in total. The van der Waals surface area contributed by atoms with Crippen molar-refractivity contribution in [1.82, 2.24) is 5.32 Å². The molecule has 1 atom stereocenters. The molecule has 0 radical (unpaired) electrons. The van der Waals surface area contributed by atoms with E-state index in [1.54, 1.807) is 14.2 Å². The van der Waals surface area contributed by atoms with Crippen molar-refractivity contribution >= 4 is 11.6 Å². The largest absolute Gasteiger partial charge is 0.506 e. The van der Waals surface area contributed by atoms with Gasteiger partial charge in [0.25, 0.3) is 0 Å². The molecule has 1 saturated heterocycles. The van der Waals surface area contributed by atoms with Crippen molar-refractivity contribution in [2.45, 2.75) is 25.3 Å². The zero-order valence-corrected chi connectivity index (χ0v) is 11.6. The van der Waals surface area contributed by atoms with Gasteiger partial charge in [0.15, 0.2) is 11.5 Å². The summed E-state index contributed by atoms with van der Waals surface area (Å²) in [7, 11) is 3.12. The first-order chi connectivity index (χ1) is 8.53. The predicted molar refractivity (Wildman–Crippen MR) is 70.8 cm³/mol. The van der Waals surface area contributed by atoms with Crippen LogP contribution in [0.2, 0.25) is 5.02 Å². The highest BCUT2D eigenvalue weighted by atomic mass is 35.5. The molecule has 0 saturated carbocycles. The van der Waals surface area contributed by atoms with Crippen LogP contribution in [0.4, 0.5) is 0 Å². The van der Waals surface area contributed by atoms with E-state index in [4.69, 9.17) is 21.1 Å². The van der Waals surface area contributed by atoms with Crippen LogP contribution in [-0.2, 0) is 5.54 Å². The number of methoxy groups -OCH3 is 2. The van der Waals surface area contributed by atoms with Crippen molar-refractivity contribution in [3.05, 3.63) is 16.7 Å². The van der Waals surface area contributed by atoms with Crippen molar-refractivity contribution in [2.75, 3.05) is 20.8 Å². The smallest absolute Gasteiger partial charge is 0.167 e. The summed E-state index contributed by atoms with van der Waals surface area (Å²) in [6.45, 7) is 2.98. The fraction of sp³-hybridized carbons (Fsp3) is 0.538. The maximum Gasteiger partial charge on any atom is 0.167 e. The van der Waals surface area contributed by atoms with Crippen LogP contribution < -0.4 is 14.8 Å². The van der Waals surface area contributed by atoms with Gasteiger partial charge in [0.05, 0.1) is 19.2 Å². The van der Waals surface area contributed by atoms with E-state index in [2.05, 4.69) is 12.2 Å². The maximum absolute atomic E-state index is 9.91. The van der Waals surface area contributed by atoms with E-state index in [9.17, 15) is 5.11 Å². The van der Waals surface area contributed by atoms with E-state index in [1.165, 1.54) is 6.07 Å². The molecule has 1 fully saturated rings. The van der Waals surface area contributed by atoms with Crippen LogP contribution in [0.15, 0.2) is 6.07 Å². The van der Waals surface area contributed by atoms with Gasteiger partial charge in [0.2, 0.25) is 0 Å². The number of ether oxygens (including phenoxy) is 2. The van der Waals surface area contributed by atoms with Gasteiger partial charge in [0, 0.05) is 17.2 Å². The molecule has 4 nitrogen and oxygen atoms in total. The Balaban J connectivity index is 2.66. The number of rotatable bonds is 3. The third kappa shape index (κ3) is 1.99. The molecule has 0 aliphatic carbocycles. The second-order valence-electron chi connectivity index (χ2n) is 4.68. The first kappa shape index (κ1) is 13.3. The van der Waals surface area contributed by atoms with E-state index < -0.39 is 0 Å². The van der Waals surface area contributed by atoms with Crippen molar-refractivity contribution < 1.29 is 14.6 Å². The van der Waals surface area contributed by atoms with Crippen LogP contribution in [0.25, 0.3) is 0 Å². The Labute approximate surface area is 112 Å². The number of hydrogen-bond acceptors (Lipinski definition) is 4. The summed E-state index contributed by atoms with van der Waals surface area (Å²) in [5.74, 6) is 1.08. The molecule has 100 valence electrons. The summed E-state index contributed by atoms with van der Waals surface area (Å²) in [5.41, 5.74) is 0.468. The van der Waals surface area contributed by atoms with Gasteiger partial charge in [-0.25, -0.2) is 0 Å². The van der Waals surface area contributed by atoms with E-state index in [0.29, 0.717) is 16.5 Å². The Morgan fingerprint density at radius 2 is 2.11 bits per heavy atom.